The molecule has 0 radical (unpaired) electrons. The van der Waals surface area contributed by atoms with Gasteiger partial charge in [-0.05, 0) is 25.2 Å². The first-order valence-corrected chi connectivity index (χ1v) is 6.66. The predicted octanol–water partition coefficient (Wildman–Crippen LogP) is 1.79. The second-order valence-corrected chi connectivity index (χ2v) is 5.35. The molecule has 0 aliphatic heterocycles. The highest BCUT2D eigenvalue weighted by atomic mass is 16.4. The van der Waals surface area contributed by atoms with Crippen molar-refractivity contribution < 1.29 is 14.7 Å². The second-order valence-electron chi connectivity index (χ2n) is 5.35. The molecule has 2 aliphatic rings. The van der Waals surface area contributed by atoms with Crippen LogP contribution >= 0.6 is 0 Å². The molecule has 0 saturated heterocycles. The first-order valence-electron chi connectivity index (χ1n) is 6.66. The summed E-state index contributed by atoms with van der Waals surface area (Å²) in [7, 11) is 0. The highest BCUT2D eigenvalue weighted by Gasteiger charge is 2.48. The number of nitrogens with one attached hydrogen (secondary N) is 1. The van der Waals surface area contributed by atoms with Gasteiger partial charge in [0.15, 0.2) is 0 Å². The number of hydrogen-bond acceptors (Lipinski definition) is 2. The molecular weight excluding hydrogens is 218 g/mol. The lowest BCUT2D eigenvalue weighted by Crippen LogP contribution is -2.43. The summed E-state index contributed by atoms with van der Waals surface area (Å²) >= 11 is 0. The van der Waals surface area contributed by atoms with Crippen LogP contribution in [0.4, 0.5) is 0 Å². The second kappa shape index (κ2) is 5.07. The van der Waals surface area contributed by atoms with Crippen molar-refractivity contribution in [2.24, 2.45) is 17.8 Å². The Morgan fingerprint density at radius 3 is 2.53 bits per heavy atom. The lowest BCUT2D eigenvalue weighted by atomic mass is 9.83. The highest BCUT2D eigenvalue weighted by Crippen LogP contribution is 2.39. The highest BCUT2D eigenvalue weighted by molar-refractivity contribution is 5.89. The van der Waals surface area contributed by atoms with E-state index in [2.05, 4.69) is 12.2 Å². The van der Waals surface area contributed by atoms with E-state index in [1.165, 1.54) is 19.3 Å². The molecule has 4 nitrogen and oxygen atoms in total. The molecule has 2 saturated carbocycles. The summed E-state index contributed by atoms with van der Waals surface area (Å²) in [6, 6.07) is 0.274. The van der Waals surface area contributed by atoms with E-state index in [9.17, 15) is 9.59 Å². The maximum Gasteiger partial charge on any atom is 0.307 e. The molecule has 2 N–H and O–H groups in total. The number of carboxylic acids is 1. The number of carboxylic acid groups (broad SMARTS) is 1. The summed E-state index contributed by atoms with van der Waals surface area (Å²) in [6.45, 7) is 2.16. The topological polar surface area (TPSA) is 66.4 Å². The summed E-state index contributed by atoms with van der Waals surface area (Å²) in [5, 5.41) is 11.9. The SMILES string of the molecule is CCC1CCCCC1NC(=O)C1CC1C(=O)O. The minimum absolute atomic E-state index is 0.0391. The molecule has 17 heavy (non-hydrogen) atoms. The summed E-state index contributed by atoms with van der Waals surface area (Å²) in [4.78, 5) is 22.6. The third-order valence-corrected chi connectivity index (χ3v) is 4.21. The fourth-order valence-electron chi connectivity index (χ4n) is 2.93. The Kier molecular flexibility index (Phi) is 3.69. The van der Waals surface area contributed by atoms with E-state index in [1.54, 1.807) is 0 Å². The number of carbonyl (C=O) groups excluding carboxylic acids is 1. The molecule has 0 aromatic carbocycles. The zero-order valence-corrected chi connectivity index (χ0v) is 10.3. The normalized spacial score (nSPS) is 36.3. The molecule has 4 atom stereocenters. The average Bonchev–Trinajstić information content (AvgIpc) is 3.09. The first-order chi connectivity index (χ1) is 8.13. The molecule has 4 heteroatoms. The zero-order valence-electron chi connectivity index (χ0n) is 10.3. The van der Waals surface area contributed by atoms with Crippen LogP contribution in [0, 0.1) is 17.8 Å². The molecule has 96 valence electrons. The molecule has 2 aliphatic carbocycles. The van der Waals surface area contributed by atoms with Crippen molar-refractivity contribution >= 4 is 11.9 Å². The van der Waals surface area contributed by atoms with E-state index in [-0.39, 0.29) is 17.9 Å². The van der Waals surface area contributed by atoms with E-state index < -0.39 is 11.9 Å². The lowest BCUT2D eigenvalue weighted by Gasteiger charge is -2.31. The summed E-state index contributed by atoms with van der Waals surface area (Å²) in [5.74, 6) is -0.996. The Labute approximate surface area is 102 Å². The van der Waals surface area contributed by atoms with E-state index in [0.717, 1.165) is 12.8 Å². The minimum Gasteiger partial charge on any atom is -0.481 e. The van der Waals surface area contributed by atoms with Crippen molar-refractivity contribution in [3.05, 3.63) is 0 Å². The molecule has 2 rings (SSSR count). The molecule has 0 heterocycles. The average molecular weight is 239 g/mol. The molecule has 0 aromatic heterocycles. The van der Waals surface area contributed by atoms with Gasteiger partial charge in [-0.25, -0.2) is 0 Å². The fourth-order valence-corrected chi connectivity index (χ4v) is 2.93. The third kappa shape index (κ3) is 2.79. The minimum atomic E-state index is -0.833. The maximum absolute atomic E-state index is 11.9. The van der Waals surface area contributed by atoms with E-state index in [1.807, 2.05) is 0 Å². The Balaban J connectivity index is 1.84. The largest absolute Gasteiger partial charge is 0.481 e. The van der Waals surface area contributed by atoms with Gasteiger partial charge in [-0.2, -0.15) is 0 Å². The van der Waals surface area contributed by atoms with E-state index in [0.29, 0.717) is 12.3 Å². The van der Waals surface area contributed by atoms with Crippen LogP contribution < -0.4 is 5.32 Å². The number of carbonyl (C=O) groups is 2. The van der Waals surface area contributed by atoms with Gasteiger partial charge in [0, 0.05) is 6.04 Å². The Hall–Kier alpha value is -1.06. The van der Waals surface area contributed by atoms with Gasteiger partial charge in [-0.1, -0.05) is 26.2 Å². The van der Waals surface area contributed by atoms with Crippen LogP contribution in [0.2, 0.25) is 0 Å². The monoisotopic (exact) mass is 239 g/mol. The van der Waals surface area contributed by atoms with Crippen LogP contribution in [0.15, 0.2) is 0 Å². The van der Waals surface area contributed by atoms with Crippen LogP contribution in [0.1, 0.15) is 45.4 Å². The number of hydrogen-bond donors (Lipinski definition) is 2. The zero-order chi connectivity index (χ0) is 12.4. The summed E-state index contributed by atoms with van der Waals surface area (Å²) in [6.07, 6.45) is 6.28. The van der Waals surface area contributed by atoms with Gasteiger partial charge in [0.25, 0.3) is 0 Å². The predicted molar refractivity (Wildman–Crippen MR) is 63.4 cm³/mol. The number of aliphatic carboxylic acids is 1. The van der Waals surface area contributed by atoms with Crippen LogP contribution in [0.3, 0.4) is 0 Å². The number of rotatable bonds is 4. The number of amides is 1. The third-order valence-electron chi connectivity index (χ3n) is 4.21. The van der Waals surface area contributed by atoms with Crippen LogP contribution in [0.25, 0.3) is 0 Å². The van der Waals surface area contributed by atoms with Crippen LogP contribution in [-0.4, -0.2) is 23.0 Å². The molecule has 0 bridgehead atoms. The Morgan fingerprint density at radius 2 is 1.94 bits per heavy atom. The Bertz CT molecular complexity index is 316. The molecule has 4 unspecified atom stereocenters. The van der Waals surface area contributed by atoms with Gasteiger partial charge in [-0.3, -0.25) is 9.59 Å². The van der Waals surface area contributed by atoms with Crippen molar-refractivity contribution in [3.8, 4) is 0 Å². The molecule has 1 amide bonds. The summed E-state index contributed by atoms with van der Waals surface area (Å²) < 4.78 is 0. The van der Waals surface area contributed by atoms with E-state index in [4.69, 9.17) is 5.11 Å². The van der Waals surface area contributed by atoms with Gasteiger partial charge in [0.1, 0.15) is 0 Å². The molecular formula is C13H21NO3. The van der Waals surface area contributed by atoms with Crippen molar-refractivity contribution in [1.29, 1.82) is 0 Å². The van der Waals surface area contributed by atoms with Crippen molar-refractivity contribution in [1.82, 2.24) is 5.32 Å². The molecule has 0 aromatic rings. The fraction of sp³-hybridized carbons (Fsp3) is 0.846. The van der Waals surface area contributed by atoms with Gasteiger partial charge < -0.3 is 10.4 Å². The Morgan fingerprint density at radius 1 is 1.24 bits per heavy atom. The van der Waals surface area contributed by atoms with Gasteiger partial charge >= 0.3 is 5.97 Å². The van der Waals surface area contributed by atoms with E-state index >= 15 is 0 Å². The first kappa shape index (κ1) is 12.4. The smallest absolute Gasteiger partial charge is 0.307 e. The lowest BCUT2D eigenvalue weighted by molar-refractivity contribution is -0.140. The molecule has 0 spiro atoms. The van der Waals surface area contributed by atoms with Gasteiger partial charge in [0.2, 0.25) is 5.91 Å². The van der Waals surface area contributed by atoms with Crippen LogP contribution in [0.5, 0.6) is 0 Å². The van der Waals surface area contributed by atoms with Crippen molar-refractivity contribution in [2.75, 3.05) is 0 Å². The quantitative estimate of drug-likeness (QED) is 0.786. The van der Waals surface area contributed by atoms with Crippen molar-refractivity contribution in [2.45, 2.75) is 51.5 Å². The summed E-state index contributed by atoms with van der Waals surface area (Å²) in [5.41, 5.74) is 0. The standard InChI is InChI=1S/C13H21NO3/c1-2-8-5-3-4-6-11(8)14-12(15)9-7-10(9)13(16)17/h8-11H,2-7H2,1H3,(H,14,15)(H,16,17). The maximum atomic E-state index is 11.9. The van der Waals surface area contributed by atoms with Crippen LogP contribution in [-0.2, 0) is 9.59 Å². The van der Waals surface area contributed by atoms with Gasteiger partial charge in [0.05, 0.1) is 11.8 Å². The molecule has 2 fully saturated rings. The van der Waals surface area contributed by atoms with Gasteiger partial charge in [-0.15, -0.1) is 0 Å². The van der Waals surface area contributed by atoms with Crippen molar-refractivity contribution in [3.63, 3.8) is 0 Å².